The van der Waals surface area contributed by atoms with Crippen molar-refractivity contribution in [3.63, 3.8) is 0 Å². The molecule has 1 aromatic rings. The van der Waals surface area contributed by atoms with Crippen LogP contribution >= 0.6 is 0 Å². The van der Waals surface area contributed by atoms with E-state index >= 15 is 0 Å². The Morgan fingerprint density at radius 3 is 2.68 bits per heavy atom. The molecule has 1 aliphatic rings. The lowest BCUT2D eigenvalue weighted by molar-refractivity contribution is 0.146. The van der Waals surface area contributed by atoms with Crippen molar-refractivity contribution in [2.75, 3.05) is 6.54 Å². The Balaban J connectivity index is 2.15. The summed E-state index contributed by atoms with van der Waals surface area (Å²) in [7, 11) is 0. The molecule has 19 heavy (non-hydrogen) atoms. The molecule has 0 spiro atoms. The number of nitrogens with zero attached hydrogens (tertiary/aromatic N) is 1. The van der Waals surface area contributed by atoms with Crippen LogP contribution in [-0.2, 0) is 6.54 Å². The van der Waals surface area contributed by atoms with Crippen LogP contribution in [0.4, 0.5) is 0 Å². The Bertz CT molecular complexity index is 411. The molecule has 1 saturated carbocycles. The Labute approximate surface area is 116 Å². The van der Waals surface area contributed by atoms with Gasteiger partial charge in [0.05, 0.1) is 0 Å². The summed E-state index contributed by atoms with van der Waals surface area (Å²) in [5, 5.41) is 3.38. The molecule has 0 aromatic carbocycles. The molecular formula is C16H26N2O. The molecule has 0 amide bonds. The predicted octanol–water partition coefficient (Wildman–Crippen LogP) is 3.52. The maximum Gasteiger partial charge on any atom is 0.218 e. The van der Waals surface area contributed by atoms with Crippen molar-refractivity contribution >= 4 is 0 Å². The van der Waals surface area contributed by atoms with Crippen LogP contribution in [0.2, 0.25) is 0 Å². The lowest BCUT2D eigenvalue weighted by Crippen LogP contribution is -2.22. The Kier molecular flexibility index (Phi) is 5.20. The number of ether oxygens (including phenoxy) is 1. The van der Waals surface area contributed by atoms with Crippen molar-refractivity contribution in [2.24, 2.45) is 0 Å². The highest BCUT2D eigenvalue weighted by Crippen LogP contribution is 2.26. The van der Waals surface area contributed by atoms with Crippen molar-refractivity contribution in [1.29, 1.82) is 0 Å². The SMILES string of the molecule is CCNCc1c(C)cc(C)nc1OC1CCCCC1. The van der Waals surface area contributed by atoms with Crippen LogP contribution in [0.25, 0.3) is 0 Å². The Morgan fingerprint density at radius 2 is 2.00 bits per heavy atom. The molecular weight excluding hydrogens is 236 g/mol. The summed E-state index contributed by atoms with van der Waals surface area (Å²) in [6.07, 6.45) is 6.65. The molecule has 0 atom stereocenters. The lowest BCUT2D eigenvalue weighted by Gasteiger charge is -2.24. The Morgan fingerprint density at radius 1 is 1.26 bits per heavy atom. The molecule has 0 unspecified atom stereocenters. The third kappa shape index (κ3) is 3.93. The van der Waals surface area contributed by atoms with Gasteiger partial charge in [0.15, 0.2) is 0 Å². The minimum atomic E-state index is 0.364. The van der Waals surface area contributed by atoms with Crippen molar-refractivity contribution in [2.45, 2.75) is 65.5 Å². The first-order chi connectivity index (χ1) is 9.20. The van der Waals surface area contributed by atoms with E-state index in [4.69, 9.17) is 4.74 Å². The van der Waals surface area contributed by atoms with Gasteiger partial charge in [0.2, 0.25) is 5.88 Å². The first-order valence-electron chi connectivity index (χ1n) is 7.55. The van der Waals surface area contributed by atoms with Crippen LogP contribution in [0.5, 0.6) is 5.88 Å². The second kappa shape index (κ2) is 6.90. The van der Waals surface area contributed by atoms with E-state index in [-0.39, 0.29) is 0 Å². The lowest BCUT2D eigenvalue weighted by atomic mass is 9.98. The predicted molar refractivity (Wildman–Crippen MR) is 78.6 cm³/mol. The molecule has 0 saturated heterocycles. The zero-order valence-corrected chi connectivity index (χ0v) is 12.5. The van der Waals surface area contributed by atoms with Gasteiger partial charge in [-0.15, -0.1) is 0 Å². The molecule has 0 radical (unpaired) electrons. The molecule has 1 fully saturated rings. The zero-order chi connectivity index (χ0) is 13.7. The molecule has 1 N–H and O–H groups in total. The van der Waals surface area contributed by atoms with E-state index < -0.39 is 0 Å². The summed E-state index contributed by atoms with van der Waals surface area (Å²) < 4.78 is 6.19. The summed E-state index contributed by atoms with van der Waals surface area (Å²) >= 11 is 0. The number of rotatable bonds is 5. The maximum absolute atomic E-state index is 6.19. The normalized spacial score (nSPS) is 16.6. The summed E-state index contributed by atoms with van der Waals surface area (Å²) in [6, 6.07) is 2.14. The maximum atomic E-state index is 6.19. The number of hydrogen-bond donors (Lipinski definition) is 1. The van der Waals surface area contributed by atoms with E-state index in [2.05, 4.69) is 30.2 Å². The Hall–Kier alpha value is -1.09. The minimum Gasteiger partial charge on any atom is -0.474 e. The van der Waals surface area contributed by atoms with Crippen LogP contribution in [-0.4, -0.2) is 17.6 Å². The average Bonchev–Trinajstić information content (AvgIpc) is 2.39. The van der Waals surface area contributed by atoms with Crippen LogP contribution in [0, 0.1) is 13.8 Å². The van der Waals surface area contributed by atoms with Crippen molar-refractivity contribution < 1.29 is 4.74 Å². The van der Waals surface area contributed by atoms with Gasteiger partial charge in [-0.3, -0.25) is 0 Å². The smallest absolute Gasteiger partial charge is 0.218 e. The van der Waals surface area contributed by atoms with Gasteiger partial charge in [-0.2, -0.15) is 0 Å². The third-order valence-electron chi connectivity index (χ3n) is 3.82. The minimum absolute atomic E-state index is 0.364. The second-order valence-corrected chi connectivity index (χ2v) is 5.52. The van der Waals surface area contributed by atoms with Gasteiger partial charge in [-0.1, -0.05) is 13.3 Å². The fraction of sp³-hybridized carbons (Fsp3) is 0.688. The topological polar surface area (TPSA) is 34.2 Å². The van der Waals surface area contributed by atoms with Gasteiger partial charge >= 0.3 is 0 Å². The van der Waals surface area contributed by atoms with E-state index in [1.54, 1.807) is 0 Å². The first-order valence-corrected chi connectivity index (χ1v) is 7.55. The highest BCUT2D eigenvalue weighted by molar-refractivity contribution is 5.36. The van der Waals surface area contributed by atoms with Crippen molar-refractivity contribution in [1.82, 2.24) is 10.3 Å². The van der Waals surface area contributed by atoms with Gasteiger partial charge < -0.3 is 10.1 Å². The van der Waals surface area contributed by atoms with Gasteiger partial charge in [0, 0.05) is 17.8 Å². The third-order valence-corrected chi connectivity index (χ3v) is 3.82. The van der Waals surface area contributed by atoms with Crippen LogP contribution in [0.15, 0.2) is 6.07 Å². The molecule has 2 rings (SSSR count). The van der Waals surface area contributed by atoms with Crippen molar-refractivity contribution in [3.05, 3.63) is 22.9 Å². The van der Waals surface area contributed by atoms with Gasteiger partial charge in [0.25, 0.3) is 0 Å². The van der Waals surface area contributed by atoms with E-state index in [1.165, 1.54) is 43.2 Å². The number of nitrogens with one attached hydrogen (secondary N) is 1. The molecule has 0 aliphatic heterocycles. The highest BCUT2D eigenvalue weighted by Gasteiger charge is 2.18. The largest absolute Gasteiger partial charge is 0.474 e. The molecule has 106 valence electrons. The fourth-order valence-electron chi connectivity index (χ4n) is 2.73. The van der Waals surface area contributed by atoms with E-state index in [0.29, 0.717) is 6.10 Å². The number of hydrogen-bond acceptors (Lipinski definition) is 3. The van der Waals surface area contributed by atoms with E-state index in [9.17, 15) is 0 Å². The standard InChI is InChI=1S/C16H26N2O/c1-4-17-11-15-12(2)10-13(3)18-16(15)19-14-8-6-5-7-9-14/h10,14,17H,4-9,11H2,1-3H3. The average molecular weight is 262 g/mol. The molecule has 1 aromatic heterocycles. The summed E-state index contributed by atoms with van der Waals surface area (Å²) in [4.78, 5) is 4.62. The van der Waals surface area contributed by atoms with E-state index in [1.807, 2.05) is 6.92 Å². The quantitative estimate of drug-likeness (QED) is 0.881. The summed E-state index contributed by atoms with van der Waals surface area (Å²) in [5.74, 6) is 0.852. The summed E-state index contributed by atoms with van der Waals surface area (Å²) in [6.45, 7) is 8.12. The van der Waals surface area contributed by atoms with Crippen molar-refractivity contribution in [3.8, 4) is 5.88 Å². The van der Waals surface area contributed by atoms with E-state index in [0.717, 1.165) is 24.7 Å². The second-order valence-electron chi connectivity index (χ2n) is 5.52. The molecule has 1 aliphatic carbocycles. The highest BCUT2D eigenvalue weighted by atomic mass is 16.5. The number of pyridine rings is 1. The van der Waals surface area contributed by atoms with Crippen LogP contribution in [0.1, 0.15) is 55.8 Å². The van der Waals surface area contributed by atoms with Gasteiger partial charge in [-0.25, -0.2) is 4.98 Å². The van der Waals surface area contributed by atoms with Gasteiger partial charge in [0.1, 0.15) is 6.10 Å². The molecule has 0 bridgehead atoms. The summed E-state index contributed by atoms with van der Waals surface area (Å²) in [5.41, 5.74) is 3.54. The van der Waals surface area contributed by atoms with Gasteiger partial charge in [-0.05, 0) is 57.7 Å². The van der Waals surface area contributed by atoms with Crippen LogP contribution in [0.3, 0.4) is 0 Å². The zero-order valence-electron chi connectivity index (χ0n) is 12.5. The molecule has 3 nitrogen and oxygen atoms in total. The molecule has 1 heterocycles. The molecule has 3 heteroatoms. The van der Waals surface area contributed by atoms with Crippen LogP contribution < -0.4 is 10.1 Å². The monoisotopic (exact) mass is 262 g/mol. The first kappa shape index (κ1) is 14.3. The number of aryl methyl sites for hydroxylation is 2. The number of aromatic nitrogens is 1. The fourth-order valence-corrected chi connectivity index (χ4v) is 2.73.